The van der Waals surface area contributed by atoms with E-state index in [1.165, 1.54) is 16.4 Å². The smallest absolute Gasteiger partial charge is 0.262 e. The Balaban J connectivity index is 1.30. The molecule has 0 aliphatic carbocycles. The highest BCUT2D eigenvalue weighted by atomic mass is 32.2. The maximum absolute atomic E-state index is 12.9. The van der Waals surface area contributed by atoms with Crippen molar-refractivity contribution >= 4 is 21.6 Å². The van der Waals surface area contributed by atoms with Gasteiger partial charge in [0.1, 0.15) is 5.75 Å². The number of nitrogens with zero attached hydrogens (tertiary/aromatic N) is 1. The Kier molecular flexibility index (Phi) is 7.60. The third-order valence-electron chi connectivity index (χ3n) is 5.43. The van der Waals surface area contributed by atoms with E-state index in [2.05, 4.69) is 5.32 Å². The zero-order valence-electron chi connectivity index (χ0n) is 19.3. The van der Waals surface area contributed by atoms with Crippen LogP contribution in [0.15, 0.2) is 114 Å². The molecule has 0 aliphatic heterocycles. The molecule has 0 fully saturated rings. The molecule has 0 spiro atoms. The molecular weight excluding hydrogens is 460 g/mol. The Labute approximate surface area is 205 Å². The van der Waals surface area contributed by atoms with Gasteiger partial charge in [-0.25, -0.2) is 8.42 Å². The molecule has 1 amide bonds. The van der Waals surface area contributed by atoms with Crippen molar-refractivity contribution in [2.24, 2.45) is 0 Å². The summed E-state index contributed by atoms with van der Waals surface area (Å²) in [6.45, 7) is 0.107. The predicted octanol–water partition coefficient (Wildman–Crippen LogP) is 5.19. The SMILES string of the molecule is CN(Cc1ccccc1)S(=O)(=O)c1ccc(NC(=O)COc2ccc(-c3ccccc3)cc2)cc1. The number of hydrogen-bond donors (Lipinski definition) is 1. The molecule has 0 atom stereocenters. The molecule has 0 heterocycles. The quantitative estimate of drug-likeness (QED) is 0.353. The van der Waals surface area contributed by atoms with Crippen LogP contribution in [0.5, 0.6) is 5.75 Å². The first kappa shape index (κ1) is 24.2. The Morgan fingerprint density at radius 3 is 1.97 bits per heavy atom. The van der Waals surface area contributed by atoms with Gasteiger partial charge in [0.25, 0.3) is 5.91 Å². The summed E-state index contributed by atoms with van der Waals surface area (Å²) in [6, 6.07) is 33.0. The maximum atomic E-state index is 12.9. The lowest BCUT2D eigenvalue weighted by Crippen LogP contribution is -2.26. The lowest BCUT2D eigenvalue weighted by Gasteiger charge is -2.17. The van der Waals surface area contributed by atoms with Crippen LogP contribution in [0.1, 0.15) is 5.56 Å². The largest absolute Gasteiger partial charge is 0.484 e. The van der Waals surface area contributed by atoms with Crippen molar-refractivity contribution in [3.8, 4) is 16.9 Å². The van der Waals surface area contributed by atoms with Crippen molar-refractivity contribution in [3.63, 3.8) is 0 Å². The lowest BCUT2D eigenvalue weighted by atomic mass is 10.1. The first-order chi connectivity index (χ1) is 16.9. The highest BCUT2D eigenvalue weighted by molar-refractivity contribution is 7.89. The first-order valence-electron chi connectivity index (χ1n) is 11.1. The van der Waals surface area contributed by atoms with Crippen LogP contribution < -0.4 is 10.1 Å². The van der Waals surface area contributed by atoms with Crippen LogP contribution in [0.2, 0.25) is 0 Å². The average molecular weight is 487 g/mol. The predicted molar refractivity (Wildman–Crippen MR) is 138 cm³/mol. The molecule has 0 saturated heterocycles. The van der Waals surface area contributed by atoms with Crippen LogP contribution in [0.3, 0.4) is 0 Å². The minimum Gasteiger partial charge on any atom is -0.484 e. The summed E-state index contributed by atoms with van der Waals surface area (Å²) in [5.41, 5.74) is 3.56. The second-order valence-corrected chi connectivity index (χ2v) is 10.0. The van der Waals surface area contributed by atoms with Gasteiger partial charge in [-0.05, 0) is 53.1 Å². The summed E-state index contributed by atoms with van der Waals surface area (Å²) in [4.78, 5) is 12.5. The van der Waals surface area contributed by atoms with Gasteiger partial charge in [0.05, 0.1) is 4.90 Å². The van der Waals surface area contributed by atoms with E-state index in [1.54, 1.807) is 19.2 Å². The number of amides is 1. The van der Waals surface area contributed by atoms with Gasteiger partial charge in [0, 0.05) is 19.3 Å². The van der Waals surface area contributed by atoms with Gasteiger partial charge < -0.3 is 10.1 Å². The van der Waals surface area contributed by atoms with Gasteiger partial charge in [-0.2, -0.15) is 4.31 Å². The van der Waals surface area contributed by atoms with E-state index in [1.807, 2.05) is 84.9 Å². The second-order valence-electron chi connectivity index (χ2n) is 8.00. The van der Waals surface area contributed by atoms with Crippen LogP contribution in [-0.2, 0) is 21.4 Å². The van der Waals surface area contributed by atoms with Gasteiger partial charge in [0.2, 0.25) is 10.0 Å². The number of benzene rings is 4. The van der Waals surface area contributed by atoms with Crippen LogP contribution in [-0.4, -0.2) is 32.3 Å². The van der Waals surface area contributed by atoms with E-state index < -0.39 is 10.0 Å². The Bertz CT molecular complexity index is 1360. The van der Waals surface area contributed by atoms with Gasteiger partial charge in [0.15, 0.2) is 6.61 Å². The third-order valence-corrected chi connectivity index (χ3v) is 7.24. The van der Waals surface area contributed by atoms with Gasteiger partial charge >= 0.3 is 0 Å². The molecule has 0 aromatic heterocycles. The zero-order chi connectivity index (χ0) is 24.7. The standard InChI is InChI=1S/C28H26N2O4S/c1-30(20-22-8-4-2-5-9-22)35(32,33)27-18-14-25(15-19-27)29-28(31)21-34-26-16-12-24(13-17-26)23-10-6-3-7-11-23/h2-19H,20-21H2,1H3,(H,29,31). The molecule has 0 unspecified atom stereocenters. The molecule has 0 saturated carbocycles. The van der Waals surface area contributed by atoms with Gasteiger partial charge in [-0.15, -0.1) is 0 Å². The fraction of sp³-hybridized carbons (Fsp3) is 0.107. The van der Waals surface area contributed by atoms with Crippen molar-refractivity contribution in [2.75, 3.05) is 19.0 Å². The number of ether oxygens (including phenoxy) is 1. The normalized spacial score (nSPS) is 11.3. The lowest BCUT2D eigenvalue weighted by molar-refractivity contribution is -0.118. The number of carbonyl (C=O) groups excluding carboxylic acids is 1. The second kappa shape index (κ2) is 11.0. The zero-order valence-corrected chi connectivity index (χ0v) is 20.1. The maximum Gasteiger partial charge on any atom is 0.262 e. The van der Waals surface area contributed by atoms with Crippen LogP contribution in [0.4, 0.5) is 5.69 Å². The topological polar surface area (TPSA) is 75.7 Å². The van der Waals surface area contributed by atoms with E-state index in [0.29, 0.717) is 11.4 Å². The van der Waals surface area contributed by atoms with Crippen molar-refractivity contribution in [2.45, 2.75) is 11.4 Å². The van der Waals surface area contributed by atoms with Gasteiger partial charge in [-0.1, -0.05) is 72.8 Å². The summed E-state index contributed by atoms with van der Waals surface area (Å²) in [5.74, 6) is 0.247. The monoisotopic (exact) mass is 486 g/mol. The Hall–Kier alpha value is -3.94. The summed E-state index contributed by atoms with van der Waals surface area (Å²) in [6.07, 6.45) is 0. The van der Waals surface area contributed by atoms with Crippen LogP contribution in [0, 0.1) is 0 Å². The third kappa shape index (κ3) is 6.35. The van der Waals surface area contributed by atoms with Crippen molar-refractivity contribution in [3.05, 3.63) is 115 Å². The number of nitrogens with one attached hydrogen (secondary N) is 1. The number of anilines is 1. The van der Waals surface area contributed by atoms with E-state index >= 15 is 0 Å². The van der Waals surface area contributed by atoms with Gasteiger partial charge in [-0.3, -0.25) is 4.79 Å². The van der Waals surface area contributed by atoms with E-state index in [0.717, 1.165) is 16.7 Å². The van der Waals surface area contributed by atoms with E-state index in [4.69, 9.17) is 4.74 Å². The highest BCUT2D eigenvalue weighted by Crippen LogP contribution is 2.22. The molecular formula is C28H26N2O4S. The minimum absolute atomic E-state index is 0.156. The highest BCUT2D eigenvalue weighted by Gasteiger charge is 2.21. The summed E-state index contributed by atoms with van der Waals surface area (Å²) < 4.78 is 32.6. The van der Waals surface area contributed by atoms with Crippen molar-refractivity contribution in [1.29, 1.82) is 0 Å². The molecule has 1 N–H and O–H groups in total. The molecule has 7 heteroatoms. The summed E-state index contributed by atoms with van der Waals surface area (Å²) >= 11 is 0. The van der Waals surface area contributed by atoms with Crippen molar-refractivity contribution in [1.82, 2.24) is 4.31 Å². The molecule has 4 rings (SSSR count). The molecule has 0 aliphatic rings. The molecule has 178 valence electrons. The fourth-order valence-corrected chi connectivity index (χ4v) is 4.69. The first-order valence-corrected chi connectivity index (χ1v) is 12.5. The Morgan fingerprint density at radius 2 is 1.34 bits per heavy atom. The van der Waals surface area contributed by atoms with E-state index in [9.17, 15) is 13.2 Å². The Morgan fingerprint density at radius 1 is 0.771 bits per heavy atom. The molecule has 4 aromatic rings. The van der Waals surface area contributed by atoms with Crippen LogP contribution >= 0.6 is 0 Å². The number of hydrogen-bond acceptors (Lipinski definition) is 4. The number of rotatable bonds is 9. The molecule has 0 radical (unpaired) electrons. The summed E-state index contributed by atoms with van der Waals surface area (Å²) in [5, 5.41) is 2.72. The summed E-state index contributed by atoms with van der Waals surface area (Å²) in [7, 11) is -2.11. The fourth-order valence-electron chi connectivity index (χ4n) is 3.54. The molecule has 4 aromatic carbocycles. The minimum atomic E-state index is -3.66. The van der Waals surface area contributed by atoms with E-state index in [-0.39, 0.29) is 24.0 Å². The molecule has 6 nitrogen and oxygen atoms in total. The molecule has 35 heavy (non-hydrogen) atoms. The average Bonchev–Trinajstić information content (AvgIpc) is 2.89. The number of sulfonamides is 1. The number of carbonyl (C=O) groups is 1. The van der Waals surface area contributed by atoms with Crippen molar-refractivity contribution < 1.29 is 17.9 Å². The van der Waals surface area contributed by atoms with Crippen LogP contribution in [0.25, 0.3) is 11.1 Å². The molecule has 0 bridgehead atoms.